The summed E-state index contributed by atoms with van der Waals surface area (Å²) >= 11 is 13.7. The summed E-state index contributed by atoms with van der Waals surface area (Å²) in [6.45, 7) is 2.06. The van der Waals surface area contributed by atoms with Gasteiger partial charge in [-0.05, 0) is 12.5 Å². The van der Waals surface area contributed by atoms with Crippen molar-refractivity contribution in [3.63, 3.8) is 0 Å². The second kappa shape index (κ2) is 6.38. The van der Waals surface area contributed by atoms with E-state index in [-0.39, 0.29) is 6.04 Å². The topological polar surface area (TPSA) is 75.9 Å². The summed E-state index contributed by atoms with van der Waals surface area (Å²) < 4.78 is 0. The van der Waals surface area contributed by atoms with Gasteiger partial charge in [0.2, 0.25) is 0 Å². The van der Waals surface area contributed by atoms with Crippen molar-refractivity contribution >= 4 is 46.2 Å². The predicted molar refractivity (Wildman–Crippen MR) is 80.8 cm³/mol. The van der Waals surface area contributed by atoms with Gasteiger partial charge in [-0.3, -0.25) is 0 Å². The van der Waals surface area contributed by atoms with Crippen LogP contribution in [0.25, 0.3) is 0 Å². The van der Waals surface area contributed by atoms with Crippen molar-refractivity contribution in [2.45, 2.75) is 19.4 Å². The van der Waals surface area contributed by atoms with Gasteiger partial charge < -0.3 is 10.7 Å². The Balaban J connectivity index is 2.27. The minimum atomic E-state index is 0.0526. The monoisotopic (exact) mass is 317 g/mol. The molecule has 0 saturated carbocycles. The largest absolute Gasteiger partial charge is 0.360 e. The number of halogens is 2. The normalized spacial score (nSPS) is 12.2. The number of hydrogen-bond donors (Lipinski definition) is 3. The van der Waals surface area contributed by atoms with E-state index in [1.807, 2.05) is 5.38 Å². The molecule has 0 aliphatic heterocycles. The molecule has 5 nitrogen and oxygen atoms in total. The summed E-state index contributed by atoms with van der Waals surface area (Å²) in [4.78, 5) is 8.55. The van der Waals surface area contributed by atoms with Gasteiger partial charge in [-0.1, -0.05) is 30.1 Å². The van der Waals surface area contributed by atoms with Gasteiger partial charge in [0.1, 0.15) is 10.8 Å². The van der Waals surface area contributed by atoms with Crippen molar-refractivity contribution in [1.29, 1.82) is 0 Å². The van der Waals surface area contributed by atoms with E-state index in [2.05, 4.69) is 27.6 Å². The molecule has 1 unspecified atom stereocenters. The number of anilines is 2. The molecule has 0 fully saturated rings. The van der Waals surface area contributed by atoms with E-state index in [9.17, 15) is 0 Å². The minimum absolute atomic E-state index is 0.0526. The Hall–Kier alpha value is -1.08. The molecule has 2 rings (SSSR count). The highest BCUT2D eigenvalue weighted by Crippen LogP contribution is 2.32. The van der Waals surface area contributed by atoms with Crippen LogP contribution in [0.4, 0.5) is 11.6 Å². The molecule has 0 aromatic carbocycles. The predicted octanol–water partition coefficient (Wildman–Crippen LogP) is 3.69. The van der Waals surface area contributed by atoms with Crippen LogP contribution in [0.5, 0.6) is 0 Å². The lowest BCUT2D eigenvalue weighted by Crippen LogP contribution is -2.14. The Labute approximate surface area is 125 Å². The first kappa shape index (κ1) is 14.3. The number of nitrogens with one attached hydrogen (secondary N) is 2. The molecule has 2 aromatic rings. The van der Waals surface area contributed by atoms with E-state index in [0.717, 1.165) is 11.4 Å². The van der Waals surface area contributed by atoms with Gasteiger partial charge in [0.25, 0.3) is 0 Å². The maximum atomic E-state index is 6.13. The molecule has 0 bridgehead atoms. The van der Waals surface area contributed by atoms with Crippen molar-refractivity contribution in [2.24, 2.45) is 5.84 Å². The lowest BCUT2D eigenvalue weighted by Gasteiger charge is -2.17. The third-order valence-electron chi connectivity index (χ3n) is 2.53. The fraction of sp³-hybridized carbons (Fsp3) is 0.273. The third-order valence-corrected chi connectivity index (χ3v) is 4.00. The van der Waals surface area contributed by atoms with E-state index in [0.29, 0.717) is 21.7 Å². The molecule has 4 N–H and O–H groups in total. The van der Waals surface area contributed by atoms with E-state index < -0.39 is 0 Å². The molecule has 0 radical (unpaired) electrons. The zero-order valence-corrected chi connectivity index (χ0v) is 12.5. The summed E-state index contributed by atoms with van der Waals surface area (Å²) in [6.07, 6.45) is 2.63. The first-order chi connectivity index (χ1) is 9.15. The lowest BCUT2D eigenvalue weighted by atomic mass is 10.2. The number of hydrogen-bond acceptors (Lipinski definition) is 6. The van der Waals surface area contributed by atoms with E-state index in [1.165, 1.54) is 0 Å². The number of nitrogen functional groups attached to an aromatic ring is 1. The van der Waals surface area contributed by atoms with Crippen molar-refractivity contribution in [3.05, 3.63) is 32.7 Å². The second-order valence-corrected chi connectivity index (χ2v) is 5.51. The number of nitrogens with two attached hydrogens (primary N) is 1. The quantitative estimate of drug-likeness (QED) is 0.579. The number of nitrogens with zero attached hydrogens (tertiary/aromatic N) is 2. The number of pyridine rings is 1. The summed E-state index contributed by atoms with van der Waals surface area (Å²) in [7, 11) is 0. The van der Waals surface area contributed by atoms with Crippen LogP contribution >= 0.6 is 34.5 Å². The van der Waals surface area contributed by atoms with Crippen molar-refractivity contribution < 1.29 is 0 Å². The maximum Gasteiger partial charge on any atom is 0.161 e. The summed E-state index contributed by atoms with van der Waals surface area (Å²) in [5, 5.41) is 6.99. The molecule has 0 spiro atoms. The Bertz CT molecular complexity index is 546. The molecule has 19 heavy (non-hydrogen) atoms. The smallest absolute Gasteiger partial charge is 0.161 e. The van der Waals surface area contributed by atoms with Gasteiger partial charge in [-0.2, -0.15) is 0 Å². The highest BCUT2D eigenvalue weighted by Gasteiger charge is 2.16. The highest BCUT2D eigenvalue weighted by atomic mass is 35.5. The van der Waals surface area contributed by atoms with E-state index in [4.69, 9.17) is 29.0 Å². The molecule has 2 heterocycles. The Morgan fingerprint density at radius 3 is 2.68 bits per heavy atom. The highest BCUT2D eigenvalue weighted by molar-refractivity contribution is 7.09. The second-order valence-electron chi connectivity index (χ2n) is 3.77. The van der Waals surface area contributed by atoms with Gasteiger partial charge >= 0.3 is 0 Å². The van der Waals surface area contributed by atoms with Crippen molar-refractivity contribution in [3.8, 4) is 0 Å². The maximum absolute atomic E-state index is 6.13. The molecule has 1 atom stereocenters. The van der Waals surface area contributed by atoms with Gasteiger partial charge in [0.05, 0.1) is 16.1 Å². The van der Waals surface area contributed by atoms with Crippen LogP contribution in [-0.4, -0.2) is 9.97 Å². The molecule has 2 aromatic heterocycles. The van der Waals surface area contributed by atoms with Gasteiger partial charge in [-0.25, -0.2) is 15.8 Å². The molecule has 0 amide bonds. The van der Waals surface area contributed by atoms with Crippen LogP contribution in [0, 0.1) is 0 Å². The molecule has 0 aliphatic carbocycles. The van der Waals surface area contributed by atoms with Crippen LogP contribution in [0.2, 0.25) is 10.0 Å². The van der Waals surface area contributed by atoms with Crippen LogP contribution < -0.4 is 16.6 Å². The zero-order valence-electron chi connectivity index (χ0n) is 10.2. The molecule has 0 aliphatic rings. The molecular formula is C11H13Cl2N5S. The molecule has 102 valence electrons. The number of hydrazine groups is 1. The van der Waals surface area contributed by atoms with Crippen molar-refractivity contribution in [1.82, 2.24) is 9.97 Å². The Morgan fingerprint density at radius 2 is 2.11 bits per heavy atom. The molecular weight excluding hydrogens is 305 g/mol. The summed E-state index contributed by atoms with van der Waals surface area (Å²) in [6, 6.07) is 1.65. The lowest BCUT2D eigenvalue weighted by molar-refractivity contribution is 0.738. The van der Waals surface area contributed by atoms with E-state index in [1.54, 1.807) is 23.6 Å². The summed E-state index contributed by atoms with van der Waals surface area (Å²) in [5.74, 6) is 6.26. The summed E-state index contributed by atoms with van der Waals surface area (Å²) in [5.41, 5.74) is 2.43. The Morgan fingerprint density at radius 1 is 1.37 bits per heavy atom. The average Bonchev–Trinajstić information content (AvgIpc) is 2.92. The first-order valence-corrected chi connectivity index (χ1v) is 7.27. The fourth-order valence-corrected chi connectivity index (χ4v) is 2.82. The van der Waals surface area contributed by atoms with Crippen LogP contribution in [0.1, 0.15) is 24.4 Å². The standard InChI is InChI=1S/C11H13Cl2N5S/c1-2-8(11-15-3-4-19-11)16-9-6(12)5-7(13)10(17-9)18-14/h3-5,8H,2,14H2,1H3,(H2,16,17,18). The van der Waals surface area contributed by atoms with Crippen molar-refractivity contribution in [2.75, 3.05) is 10.7 Å². The Kier molecular flexibility index (Phi) is 4.81. The third kappa shape index (κ3) is 3.27. The van der Waals surface area contributed by atoms with Crippen LogP contribution in [0.15, 0.2) is 17.6 Å². The number of rotatable bonds is 5. The first-order valence-electron chi connectivity index (χ1n) is 5.64. The van der Waals surface area contributed by atoms with Crippen LogP contribution in [-0.2, 0) is 0 Å². The SMILES string of the molecule is CCC(Nc1nc(NN)c(Cl)cc1Cl)c1nccs1. The fourth-order valence-electron chi connectivity index (χ4n) is 1.58. The average molecular weight is 318 g/mol. The van der Waals surface area contributed by atoms with Gasteiger partial charge in [0, 0.05) is 11.6 Å². The van der Waals surface area contributed by atoms with Crippen LogP contribution in [0.3, 0.4) is 0 Å². The number of aromatic nitrogens is 2. The van der Waals surface area contributed by atoms with Gasteiger partial charge in [0.15, 0.2) is 5.82 Å². The zero-order chi connectivity index (χ0) is 13.8. The molecule has 8 heteroatoms. The number of thiazole rings is 1. The van der Waals surface area contributed by atoms with E-state index >= 15 is 0 Å². The van der Waals surface area contributed by atoms with Gasteiger partial charge in [-0.15, -0.1) is 11.3 Å². The molecule has 0 saturated heterocycles. The minimum Gasteiger partial charge on any atom is -0.360 e.